The first-order valence-electron chi connectivity index (χ1n) is 10.8. The van der Waals surface area contributed by atoms with Crippen molar-refractivity contribution >= 4 is 23.8 Å². The van der Waals surface area contributed by atoms with Gasteiger partial charge < -0.3 is 5.11 Å². The lowest BCUT2D eigenvalue weighted by Crippen LogP contribution is -2.21. The minimum absolute atomic E-state index is 0.284. The van der Waals surface area contributed by atoms with Crippen molar-refractivity contribution in [2.45, 2.75) is 54.4 Å². The van der Waals surface area contributed by atoms with Gasteiger partial charge in [0.2, 0.25) is 0 Å². The Bertz CT molecular complexity index is 881. The Labute approximate surface area is 183 Å². The third-order valence-electron chi connectivity index (χ3n) is 4.97. The molecule has 0 fully saturated rings. The van der Waals surface area contributed by atoms with Gasteiger partial charge in [-0.1, -0.05) is 102 Å². The SMILES string of the molecule is CC(C)(C)Cc1ccc(P(c2ccc(O)cc2)c2ccc(CC(C)(C)C)cc2)cc1. The molecule has 1 N–H and O–H groups in total. The number of rotatable bonds is 5. The van der Waals surface area contributed by atoms with Gasteiger partial charge in [0.1, 0.15) is 5.75 Å². The Hall–Kier alpha value is -2.11. The fourth-order valence-electron chi connectivity index (χ4n) is 3.80. The lowest BCUT2D eigenvalue weighted by atomic mass is 9.88. The summed E-state index contributed by atoms with van der Waals surface area (Å²) in [5.74, 6) is 0.315. The standard InChI is InChI=1S/C28H35OP/c1-27(2,3)19-21-7-13-24(14-8-21)30(26-17-11-23(29)12-18-26)25-15-9-22(10-16-25)20-28(4,5)6/h7-18,29H,19-20H2,1-6H3. The van der Waals surface area contributed by atoms with Crippen LogP contribution in [-0.2, 0) is 12.8 Å². The van der Waals surface area contributed by atoms with Crippen molar-refractivity contribution < 1.29 is 5.11 Å². The molecule has 0 saturated carbocycles. The van der Waals surface area contributed by atoms with Gasteiger partial charge in [0.05, 0.1) is 0 Å². The molecular weight excluding hydrogens is 383 g/mol. The minimum Gasteiger partial charge on any atom is -0.508 e. The van der Waals surface area contributed by atoms with E-state index in [2.05, 4.69) is 102 Å². The molecule has 0 atom stereocenters. The van der Waals surface area contributed by atoms with Crippen LogP contribution in [0.2, 0.25) is 0 Å². The molecule has 30 heavy (non-hydrogen) atoms. The maximum Gasteiger partial charge on any atom is 0.115 e. The first-order chi connectivity index (χ1) is 14.0. The van der Waals surface area contributed by atoms with Gasteiger partial charge in [-0.15, -0.1) is 0 Å². The highest BCUT2D eigenvalue weighted by molar-refractivity contribution is 7.79. The van der Waals surface area contributed by atoms with Crippen LogP contribution in [0.25, 0.3) is 0 Å². The number of hydrogen-bond donors (Lipinski definition) is 1. The highest BCUT2D eigenvalue weighted by atomic mass is 31.1. The number of hydrogen-bond acceptors (Lipinski definition) is 1. The molecule has 3 aromatic carbocycles. The van der Waals surface area contributed by atoms with Crippen molar-refractivity contribution in [1.29, 1.82) is 0 Å². The molecule has 0 aliphatic carbocycles. The van der Waals surface area contributed by atoms with E-state index >= 15 is 0 Å². The van der Waals surface area contributed by atoms with E-state index in [9.17, 15) is 5.11 Å². The van der Waals surface area contributed by atoms with E-state index < -0.39 is 7.92 Å². The zero-order valence-electron chi connectivity index (χ0n) is 19.2. The zero-order valence-corrected chi connectivity index (χ0v) is 20.1. The van der Waals surface area contributed by atoms with Gasteiger partial charge in [0.25, 0.3) is 0 Å². The topological polar surface area (TPSA) is 20.2 Å². The molecule has 3 rings (SSSR count). The second kappa shape index (κ2) is 8.94. The molecule has 0 bridgehead atoms. The summed E-state index contributed by atoms with van der Waals surface area (Å²) in [6.07, 6.45) is 2.15. The Morgan fingerprint density at radius 1 is 0.533 bits per heavy atom. The molecule has 0 radical (unpaired) electrons. The lowest BCUT2D eigenvalue weighted by Gasteiger charge is -2.22. The molecular formula is C28H35OP. The molecule has 3 aromatic rings. The summed E-state index contributed by atoms with van der Waals surface area (Å²) in [6, 6.07) is 26.0. The number of benzene rings is 3. The lowest BCUT2D eigenvalue weighted by molar-refractivity contribution is 0.411. The summed E-state index contributed by atoms with van der Waals surface area (Å²) >= 11 is 0. The first-order valence-corrected chi connectivity index (χ1v) is 12.1. The van der Waals surface area contributed by atoms with Crippen LogP contribution < -0.4 is 15.9 Å². The van der Waals surface area contributed by atoms with E-state index in [1.54, 1.807) is 12.1 Å². The molecule has 1 nitrogen and oxygen atoms in total. The second-order valence-corrected chi connectivity index (χ2v) is 12.9. The van der Waals surface area contributed by atoms with Crippen molar-refractivity contribution in [3.8, 4) is 5.75 Å². The molecule has 2 heteroatoms. The average Bonchev–Trinajstić information content (AvgIpc) is 2.64. The number of phenolic OH excluding ortho intramolecular Hbond substituents is 1. The Balaban J connectivity index is 1.96. The monoisotopic (exact) mass is 418 g/mol. The van der Waals surface area contributed by atoms with Crippen molar-refractivity contribution in [3.63, 3.8) is 0 Å². The van der Waals surface area contributed by atoms with Crippen molar-refractivity contribution in [3.05, 3.63) is 83.9 Å². The normalized spacial score (nSPS) is 12.4. The summed E-state index contributed by atoms with van der Waals surface area (Å²) in [5.41, 5.74) is 3.33. The molecule has 0 aliphatic rings. The van der Waals surface area contributed by atoms with Crippen LogP contribution in [0.4, 0.5) is 0 Å². The van der Waals surface area contributed by atoms with Crippen LogP contribution in [0, 0.1) is 10.8 Å². The van der Waals surface area contributed by atoms with Crippen LogP contribution >= 0.6 is 7.92 Å². The zero-order chi connectivity index (χ0) is 21.9. The van der Waals surface area contributed by atoms with Crippen LogP contribution in [0.5, 0.6) is 5.75 Å². The molecule has 0 unspecified atom stereocenters. The summed E-state index contributed by atoms with van der Waals surface area (Å²) in [5, 5.41) is 13.7. The molecule has 0 saturated heterocycles. The summed E-state index contributed by atoms with van der Waals surface area (Å²) in [4.78, 5) is 0. The highest BCUT2D eigenvalue weighted by Gasteiger charge is 2.18. The summed E-state index contributed by atoms with van der Waals surface area (Å²) in [7, 11) is -0.660. The predicted octanol–water partition coefficient (Wildman–Crippen LogP) is 6.33. The van der Waals surface area contributed by atoms with Crippen molar-refractivity contribution in [2.24, 2.45) is 10.8 Å². The van der Waals surface area contributed by atoms with E-state index in [-0.39, 0.29) is 10.8 Å². The summed E-state index contributed by atoms with van der Waals surface area (Å²) < 4.78 is 0. The molecule has 0 amide bonds. The maximum atomic E-state index is 9.78. The number of phenols is 1. The molecule has 158 valence electrons. The second-order valence-electron chi connectivity index (χ2n) is 10.7. The van der Waals surface area contributed by atoms with E-state index in [1.807, 2.05) is 0 Å². The van der Waals surface area contributed by atoms with Crippen molar-refractivity contribution in [1.82, 2.24) is 0 Å². The first kappa shape index (κ1) is 22.6. The summed E-state index contributed by atoms with van der Waals surface area (Å²) in [6.45, 7) is 13.7. The van der Waals surface area contributed by atoms with E-state index in [4.69, 9.17) is 0 Å². The van der Waals surface area contributed by atoms with Crippen LogP contribution in [0.3, 0.4) is 0 Å². The van der Waals surface area contributed by atoms with E-state index in [1.165, 1.54) is 27.0 Å². The van der Waals surface area contributed by atoms with Crippen molar-refractivity contribution in [2.75, 3.05) is 0 Å². The molecule has 0 spiro atoms. The molecule has 0 aromatic heterocycles. The minimum atomic E-state index is -0.660. The Morgan fingerprint density at radius 2 is 0.833 bits per heavy atom. The van der Waals surface area contributed by atoms with Gasteiger partial charge in [-0.2, -0.15) is 0 Å². The van der Waals surface area contributed by atoms with Crippen LogP contribution in [-0.4, -0.2) is 5.11 Å². The van der Waals surface area contributed by atoms with Gasteiger partial charge in [0, 0.05) is 0 Å². The third kappa shape index (κ3) is 6.44. The van der Waals surface area contributed by atoms with Gasteiger partial charge in [0.15, 0.2) is 0 Å². The Morgan fingerprint density at radius 3 is 1.13 bits per heavy atom. The van der Waals surface area contributed by atoms with Gasteiger partial charge >= 0.3 is 0 Å². The van der Waals surface area contributed by atoms with Gasteiger partial charge in [-0.25, -0.2) is 0 Å². The van der Waals surface area contributed by atoms with Gasteiger partial charge in [-0.3, -0.25) is 0 Å². The predicted molar refractivity (Wildman–Crippen MR) is 133 cm³/mol. The van der Waals surface area contributed by atoms with E-state index in [0.29, 0.717) is 5.75 Å². The van der Waals surface area contributed by atoms with E-state index in [0.717, 1.165) is 12.8 Å². The number of aromatic hydroxyl groups is 1. The quantitative estimate of drug-likeness (QED) is 0.480. The highest BCUT2D eigenvalue weighted by Crippen LogP contribution is 2.34. The fraction of sp³-hybridized carbons (Fsp3) is 0.357. The third-order valence-corrected chi connectivity index (χ3v) is 7.41. The fourth-order valence-corrected chi connectivity index (χ4v) is 6.04. The van der Waals surface area contributed by atoms with Crippen LogP contribution in [0.15, 0.2) is 72.8 Å². The van der Waals surface area contributed by atoms with Gasteiger partial charge in [-0.05, 0) is 70.8 Å². The maximum absolute atomic E-state index is 9.78. The smallest absolute Gasteiger partial charge is 0.115 e. The molecule has 0 heterocycles. The largest absolute Gasteiger partial charge is 0.508 e. The van der Waals surface area contributed by atoms with Crippen LogP contribution in [0.1, 0.15) is 52.7 Å². The Kier molecular flexibility index (Phi) is 6.73. The molecule has 0 aliphatic heterocycles. The average molecular weight is 419 g/mol.